The third kappa shape index (κ3) is 6.14. The number of anilines is 3. The molecule has 0 saturated carbocycles. The van der Waals surface area contributed by atoms with Crippen molar-refractivity contribution in [2.75, 3.05) is 4.90 Å². The van der Waals surface area contributed by atoms with E-state index in [1.807, 2.05) is 0 Å². The predicted molar refractivity (Wildman–Crippen MR) is 255 cm³/mol. The molecule has 0 radical (unpaired) electrons. The average Bonchev–Trinajstić information content (AvgIpc) is 3.66. The molecule has 0 unspecified atom stereocenters. The lowest BCUT2D eigenvalue weighted by Crippen LogP contribution is -2.11. The van der Waals surface area contributed by atoms with Gasteiger partial charge in [-0.2, -0.15) is 0 Å². The molecule has 0 bridgehead atoms. The fourth-order valence-electron chi connectivity index (χ4n) is 9.08. The van der Waals surface area contributed by atoms with E-state index in [1.165, 1.54) is 66.0 Å². The van der Waals surface area contributed by atoms with E-state index in [2.05, 4.69) is 252 Å². The molecule has 2 heteroatoms. The van der Waals surface area contributed by atoms with E-state index in [0.717, 1.165) is 33.8 Å². The topological polar surface area (TPSA) is 8.17 Å². The van der Waals surface area contributed by atoms with Crippen LogP contribution in [0.15, 0.2) is 243 Å². The molecule has 11 rings (SSSR count). The molecular formula is C58H40N2. The van der Waals surface area contributed by atoms with Crippen molar-refractivity contribution in [3.05, 3.63) is 243 Å². The average molecular weight is 765 g/mol. The minimum absolute atomic E-state index is 1.07. The summed E-state index contributed by atoms with van der Waals surface area (Å²) in [4.78, 5) is 2.44. The lowest BCUT2D eigenvalue weighted by Gasteiger charge is -2.29. The maximum Gasteiger partial charge on any atom is 0.0562 e. The molecule has 0 saturated heterocycles. The fraction of sp³-hybridized carbons (Fsp3) is 0. The minimum Gasteiger partial charge on any atom is -0.310 e. The van der Waals surface area contributed by atoms with Crippen molar-refractivity contribution in [2.24, 2.45) is 0 Å². The van der Waals surface area contributed by atoms with Crippen molar-refractivity contribution in [3.63, 3.8) is 0 Å². The summed E-state index contributed by atoms with van der Waals surface area (Å²) in [6, 6.07) is 88.0. The maximum absolute atomic E-state index is 2.48. The number of aromatic nitrogens is 1. The zero-order chi connectivity index (χ0) is 39.8. The van der Waals surface area contributed by atoms with Gasteiger partial charge < -0.3 is 9.47 Å². The van der Waals surface area contributed by atoms with Gasteiger partial charge in [-0.1, -0.05) is 200 Å². The van der Waals surface area contributed by atoms with Gasteiger partial charge in [0.15, 0.2) is 0 Å². The maximum atomic E-state index is 2.48. The highest BCUT2D eigenvalue weighted by Crippen LogP contribution is 2.46. The second kappa shape index (κ2) is 15.1. The Balaban J connectivity index is 1.20. The summed E-state index contributed by atoms with van der Waals surface area (Å²) >= 11 is 0. The highest BCUT2D eigenvalue weighted by Gasteiger charge is 2.23. The molecule has 0 N–H and O–H groups in total. The van der Waals surface area contributed by atoms with Gasteiger partial charge in [-0.3, -0.25) is 0 Å². The van der Waals surface area contributed by atoms with Gasteiger partial charge in [0.05, 0.1) is 22.4 Å². The van der Waals surface area contributed by atoms with Crippen LogP contribution in [-0.4, -0.2) is 4.57 Å². The van der Waals surface area contributed by atoms with Gasteiger partial charge in [0, 0.05) is 33.3 Å². The first-order valence-electron chi connectivity index (χ1n) is 20.6. The third-order valence-corrected chi connectivity index (χ3v) is 11.8. The Kier molecular flexibility index (Phi) is 8.87. The molecule has 0 amide bonds. The molecule has 0 aliphatic rings. The molecule has 60 heavy (non-hydrogen) atoms. The molecule has 2 nitrogen and oxygen atoms in total. The first-order valence-corrected chi connectivity index (χ1v) is 20.6. The number of benzene rings is 10. The van der Waals surface area contributed by atoms with Crippen molar-refractivity contribution in [1.29, 1.82) is 0 Å². The smallest absolute Gasteiger partial charge is 0.0562 e. The SMILES string of the molecule is c1ccc(-c2ccc(-c3cccc4ccccc34)cc2N(c2ccccc2)c2ccc3c4ccccc4n(-c4cccc(-c5ccccc5)c4-c4ccccc4)c3c2)cc1. The van der Waals surface area contributed by atoms with Crippen LogP contribution >= 0.6 is 0 Å². The summed E-state index contributed by atoms with van der Waals surface area (Å²) in [6.45, 7) is 0. The summed E-state index contributed by atoms with van der Waals surface area (Å²) in [6.07, 6.45) is 0. The van der Waals surface area contributed by atoms with E-state index < -0.39 is 0 Å². The molecule has 1 aromatic heterocycles. The Morgan fingerprint density at radius 1 is 0.300 bits per heavy atom. The number of rotatable bonds is 8. The van der Waals surface area contributed by atoms with Crippen LogP contribution in [0.3, 0.4) is 0 Å². The Morgan fingerprint density at radius 2 is 0.867 bits per heavy atom. The standard InChI is InChI=1S/C58H40N2/c1-5-19-42(20-6-1)50-37-35-45(49-31-17-26-41-23-13-14-29-48(41)49)39-56(50)59(46-27-11-4-12-28-46)47-36-38-53-52-30-15-16-33-54(52)60(57(53)40-47)55-34-18-32-51(43-21-7-2-8-22-43)58(55)44-24-9-3-10-25-44/h1-40H. The van der Waals surface area contributed by atoms with E-state index in [9.17, 15) is 0 Å². The Bertz CT molecular complexity index is 3290. The summed E-state index contributed by atoms with van der Waals surface area (Å²) in [5.41, 5.74) is 16.2. The normalized spacial score (nSPS) is 11.3. The van der Waals surface area contributed by atoms with Gasteiger partial charge in [0.25, 0.3) is 0 Å². The van der Waals surface area contributed by atoms with Crippen LogP contribution in [0.2, 0.25) is 0 Å². The molecule has 1 heterocycles. The summed E-state index contributed by atoms with van der Waals surface area (Å²) in [5.74, 6) is 0. The quantitative estimate of drug-likeness (QED) is 0.150. The van der Waals surface area contributed by atoms with Crippen LogP contribution in [0.5, 0.6) is 0 Å². The van der Waals surface area contributed by atoms with Gasteiger partial charge in [-0.25, -0.2) is 0 Å². The van der Waals surface area contributed by atoms with Crippen molar-refractivity contribution in [2.45, 2.75) is 0 Å². The van der Waals surface area contributed by atoms with E-state index in [1.54, 1.807) is 0 Å². The predicted octanol–water partition coefficient (Wildman–Crippen LogP) is 16.1. The van der Waals surface area contributed by atoms with E-state index in [-0.39, 0.29) is 0 Å². The molecule has 0 aliphatic heterocycles. The van der Waals surface area contributed by atoms with E-state index in [4.69, 9.17) is 0 Å². The summed E-state index contributed by atoms with van der Waals surface area (Å²) in [5, 5.41) is 4.90. The molecular weight excluding hydrogens is 725 g/mol. The minimum atomic E-state index is 1.07. The van der Waals surface area contributed by atoms with Gasteiger partial charge in [0.1, 0.15) is 0 Å². The number of nitrogens with zero attached hydrogens (tertiary/aromatic N) is 2. The van der Waals surface area contributed by atoms with Gasteiger partial charge in [-0.15, -0.1) is 0 Å². The first kappa shape index (κ1) is 35.2. The highest BCUT2D eigenvalue weighted by molar-refractivity contribution is 6.11. The Labute approximate surface area is 350 Å². The van der Waals surface area contributed by atoms with Crippen molar-refractivity contribution in [3.8, 4) is 50.2 Å². The van der Waals surface area contributed by atoms with Crippen LogP contribution in [0, 0.1) is 0 Å². The zero-order valence-electron chi connectivity index (χ0n) is 33.0. The molecule has 11 aromatic rings. The lowest BCUT2D eigenvalue weighted by atomic mass is 9.93. The van der Waals surface area contributed by atoms with Crippen LogP contribution in [-0.2, 0) is 0 Å². The van der Waals surface area contributed by atoms with Crippen LogP contribution in [0.4, 0.5) is 17.1 Å². The monoisotopic (exact) mass is 764 g/mol. The van der Waals surface area contributed by atoms with Crippen LogP contribution in [0.25, 0.3) is 82.8 Å². The molecule has 0 fully saturated rings. The molecule has 0 aliphatic carbocycles. The Hall–Kier alpha value is -7.94. The summed E-state index contributed by atoms with van der Waals surface area (Å²) in [7, 11) is 0. The summed E-state index contributed by atoms with van der Waals surface area (Å²) < 4.78 is 2.48. The number of hydrogen-bond acceptors (Lipinski definition) is 1. The largest absolute Gasteiger partial charge is 0.310 e. The Morgan fingerprint density at radius 3 is 1.62 bits per heavy atom. The molecule has 0 atom stereocenters. The second-order valence-corrected chi connectivity index (χ2v) is 15.3. The number of para-hydroxylation sites is 2. The van der Waals surface area contributed by atoms with Crippen molar-refractivity contribution >= 4 is 49.6 Å². The van der Waals surface area contributed by atoms with Crippen LogP contribution < -0.4 is 4.90 Å². The number of hydrogen-bond donors (Lipinski definition) is 0. The van der Waals surface area contributed by atoms with Gasteiger partial charge in [-0.05, 0) is 86.6 Å². The fourth-order valence-corrected chi connectivity index (χ4v) is 9.08. The number of fused-ring (bicyclic) bond motifs is 4. The van der Waals surface area contributed by atoms with E-state index in [0.29, 0.717) is 0 Å². The zero-order valence-corrected chi connectivity index (χ0v) is 33.0. The lowest BCUT2D eigenvalue weighted by molar-refractivity contribution is 1.18. The van der Waals surface area contributed by atoms with E-state index >= 15 is 0 Å². The second-order valence-electron chi connectivity index (χ2n) is 15.3. The van der Waals surface area contributed by atoms with Crippen molar-refractivity contribution < 1.29 is 0 Å². The van der Waals surface area contributed by atoms with Gasteiger partial charge in [0.2, 0.25) is 0 Å². The molecule has 10 aromatic carbocycles. The highest BCUT2D eigenvalue weighted by atomic mass is 15.1. The first-order chi connectivity index (χ1) is 29.8. The molecule has 0 spiro atoms. The third-order valence-electron chi connectivity index (χ3n) is 11.8. The van der Waals surface area contributed by atoms with Crippen molar-refractivity contribution in [1.82, 2.24) is 4.57 Å². The van der Waals surface area contributed by atoms with Gasteiger partial charge >= 0.3 is 0 Å². The molecule has 282 valence electrons. The van der Waals surface area contributed by atoms with Crippen LogP contribution in [0.1, 0.15) is 0 Å².